The molecule has 0 radical (unpaired) electrons. The van der Waals surface area contributed by atoms with Crippen molar-refractivity contribution in [2.24, 2.45) is 0 Å². The van der Waals surface area contributed by atoms with E-state index in [2.05, 4.69) is 21.0 Å². The number of imidazole rings is 1. The Morgan fingerprint density at radius 3 is 2.76 bits per heavy atom. The summed E-state index contributed by atoms with van der Waals surface area (Å²) in [5.41, 5.74) is 7.02. The SMILES string of the molecule is CCC(=O)N1CCCCC1.N#CC1=Cn2c(-c3nccc(N)n3)cnc2C=CC1. The monoisotopic (exact) mass is 391 g/mol. The number of hydrogen-bond donors (Lipinski definition) is 1. The van der Waals surface area contributed by atoms with Gasteiger partial charge in [0.2, 0.25) is 5.91 Å². The summed E-state index contributed by atoms with van der Waals surface area (Å²) in [6.07, 6.45) is 13.8. The molecule has 150 valence electrons. The van der Waals surface area contributed by atoms with Crippen LogP contribution in [0.5, 0.6) is 0 Å². The number of likely N-dealkylation sites (tertiary alicyclic amines) is 1. The number of nitrogens with zero attached hydrogens (tertiary/aromatic N) is 6. The minimum absolute atomic E-state index is 0.319. The fourth-order valence-corrected chi connectivity index (χ4v) is 3.24. The van der Waals surface area contributed by atoms with E-state index in [4.69, 9.17) is 11.0 Å². The maximum Gasteiger partial charge on any atom is 0.222 e. The number of carbonyl (C=O) groups excluding carboxylic acids is 1. The number of nitriles is 1. The van der Waals surface area contributed by atoms with Gasteiger partial charge in [-0.2, -0.15) is 5.26 Å². The minimum Gasteiger partial charge on any atom is -0.384 e. The number of fused-ring (bicyclic) bond motifs is 1. The Labute approximate surface area is 170 Å². The number of carbonyl (C=O) groups is 1. The fourth-order valence-electron chi connectivity index (χ4n) is 3.24. The molecule has 2 N–H and O–H groups in total. The zero-order valence-electron chi connectivity index (χ0n) is 16.6. The van der Waals surface area contributed by atoms with Crippen LogP contribution in [0.3, 0.4) is 0 Å². The first-order valence-electron chi connectivity index (χ1n) is 9.83. The molecule has 1 saturated heterocycles. The zero-order valence-corrected chi connectivity index (χ0v) is 16.6. The first-order chi connectivity index (χ1) is 14.1. The van der Waals surface area contributed by atoms with Crippen molar-refractivity contribution < 1.29 is 4.79 Å². The predicted octanol–water partition coefficient (Wildman–Crippen LogP) is 3.11. The van der Waals surface area contributed by atoms with Gasteiger partial charge < -0.3 is 10.6 Å². The van der Waals surface area contributed by atoms with Crippen molar-refractivity contribution in [3.8, 4) is 17.6 Å². The second kappa shape index (κ2) is 9.64. The molecule has 1 amide bonds. The first kappa shape index (κ1) is 20.3. The van der Waals surface area contributed by atoms with E-state index in [1.165, 1.54) is 19.3 Å². The van der Waals surface area contributed by atoms with Crippen molar-refractivity contribution in [3.63, 3.8) is 0 Å². The Kier molecular flexibility index (Phi) is 6.74. The summed E-state index contributed by atoms with van der Waals surface area (Å²) in [4.78, 5) is 25.7. The third-order valence-electron chi connectivity index (χ3n) is 4.78. The highest BCUT2D eigenvalue weighted by Gasteiger charge is 2.14. The normalized spacial score (nSPS) is 15.3. The van der Waals surface area contributed by atoms with Crippen molar-refractivity contribution in [1.29, 1.82) is 5.26 Å². The van der Waals surface area contributed by atoms with E-state index in [0.29, 0.717) is 41.7 Å². The minimum atomic E-state index is 0.319. The largest absolute Gasteiger partial charge is 0.384 e. The fraction of sp³-hybridized carbons (Fsp3) is 0.381. The molecule has 0 atom stereocenters. The summed E-state index contributed by atoms with van der Waals surface area (Å²) in [5, 5.41) is 9.05. The lowest BCUT2D eigenvalue weighted by Crippen LogP contribution is -2.34. The molecule has 2 aliphatic heterocycles. The molecule has 0 unspecified atom stereocenters. The summed E-state index contributed by atoms with van der Waals surface area (Å²) in [5.74, 6) is 1.95. The lowest BCUT2D eigenvalue weighted by molar-refractivity contribution is -0.131. The molecule has 0 spiro atoms. The van der Waals surface area contributed by atoms with E-state index in [0.717, 1.165) is 18.9 Å². The molecule has 1 fully saturated rings. The molecule has 0 aromatic carbocycles. The lowest BCUT2D eigenvalue weighted by atomic mass is 10.1. The summed E-state index contributed by atoms with van der Waals surface area (Å²) in [6.45, 7) is 3.91. The summed E-state index contributed by atoms with van der Waals surface area (Å²) in [7, 11) is 0. The maximum atomic E-state index is 11.1. The van der Waals surface area contributed by atoms with Crippen LogP contribution in [0.4, 0.5) is 5.82 Å². The average Bonchev–Trinajstić information content (AvgIpc) is 3.04. The van der Waals surface area contributed by atoms with E-state index < -0.39 is 0 Å². The van der Waals surface area contributed by atoms with Crippen LogP contribution < -0.4 is 5.73 Å². The number of hydrogen-bond acceptors (Lipinski definition) is 6. The van der Waals surface area contributed by atoms with Gasteiger partial charge in [0.1, 0.15) is 17.3 Å². The molecule has 0 bridgehead atoms. The smallest absolute Gasteiger partial charge is 0.222 e. The molecule has 8 nitrogen and oxygen atoms in total. The standard InChI is InChI=1S/C13H10N6.C8H15NO/c14-6-9-2-1-3-12-17-7-10(19(12)8-9)13-16-5-4-11(15)18-13;1-2-8(10)9-6-4-3-5-7-9/h1,3-5,7-8H,2H2,(H2,15,16,18);2-7H2,1H3. The van der Waals surface area contributed by atoms with Gasteiger partial charge in [0.05, 0.1) is 12.3 Å². The average molecular weight is 391 g/mol. The van der Waals surface area contributed by atoms with Crippen LogP contribution in [-0.4, -0.2) is 43.4 Å². The molecule has 4 rings (SSSR count). The van der Waals surface area contributed by atoms with Crippen molar-refractivity contribution in [1.82, 2.24) is 24.4 Å². The number of rotatable bonds is 2. The van der Waals surface area contributed by atoms with E-state index in [9.17, 15) is 4.79 Å². The van der Waals surface area contributed by atoms with Crippen molar-refractivity contribution in [2.45, 2.75) is 39.0 Å². The second-order valence-electron chi connectivity index (χ2n) is 6.84. The van der Waals surface area contributed by atoms with Crippen LogP contribution in [0.2, 0.25) is 0 Å². The van der Waals surface area contributed by atoms with Crippen LogP contribution in [0, 0.1) is 11.3 Å². The number of amides is 1. The van der Waals surface area contributed by atoms with E-state index in [1.807, 2.05) is 24.0 Å². The lowest BCUT2D eigenvalue weighted by Gasteiger charge is -2.26. The van der Waals surface area contributed by atoms with Gasteiger partial charge in [-0.25, -0.2) is 15.0 Å². The van der Waals surface area contributed by atoms with Gasteiger partial charge in [-0.3, -0.25) is 9.36 Å². The van der Waals surface area contributed by atoms with Crippen molar-refractivity contribution >= 4 is 24.0 Å². The Morgan fingerprint density at radius 1 is 1.28 bits per heavy atom. The number of anilines is 1. The molecule has 29 heavy (non-hydrogen) atoms. The maximum absolute atomic E-state index is 11.1. The topological polar surface area (TPSA) is 114 Å². The molecule has 0 aliphatic carbocycles. The number of piperidine rings is 1. The van der Waals surface area contributed by atoms with E-state index in [1.54, 1.807) is 29.2 Å². The highest BCUT2D eigenvalue weighted by molar-refractivity contribution is 5.75. The summed E-state index contributed by atoms with van der Waals surface area (Å²) < 4.78 is 1.80. The Bertz CT molecular complexity index is 962. The van der Waals surface area contributed by atoms with Gasteiger partial charge in [0.25, 0.3) is 0 Å². The van der Waals surface area contributed by atoms with E-state index in [-0.39, 0.29) is 0 Å². The molecular formula is C21H25N7O. The van der Waals surface area contributed by atoms with Gasteiger partial charge in [-0.05, 0) is 31.4 Å². The van der Waals surface area contributed by atoms with Crippen LogP contribution >= 0.6 is 0 Å². The first-order valence-corrected chi connectivity index (χ1v) is 9.83. The van der Waals surface area contributed by atoms with Gasteiger partial charge in [-0.15, -0.1) is 0 Å². The second-order valence-corrected chi connectivity index (χ2v) is 6.84. The molecular weight excluding hydrogens is 366 g/mol. The van der Waals surface area contributed by atoms with Gasteiger partial charge in [0.15, 0.2) is 5.82 Å². The number of aromatic nitrogens is 4. The Balaban J connectivity index is 0.000000204. The molecule has 0 saturated carbocycles. The third kappa shape index (κ3) is 5.08. The van der Waals surface area contributed by atoms with Crippen molar-refractivity contribution in [2.75, 3.05) is 18.8 Å². The molecule has 2 aliphatic rings. The number of nitrogen functional groups attached to an aromatic ring is 1. The molecule has 2 aromatic heterocycles. The Hall–Kier alpha value is -3.47. The van der Waals surface area contributed by atoms with Gasteiger partial charge >= 0.3 is 0 Å². The van der Waals surface area contributed by atoms with Crippen LogP contribution in [0.25, 0.3) is 23.8 Å². The molecule has 8 heteroatoms. The predicted molar refractivity (Wildman–Crippen MR) is 112 cm³/mol. The van der Waals surface area contributed by atoms with E-state index >= 15 is 0 Å². The summed E-state index contributed by atoms with van der Waals surface area (Å²) >= 11 is 0. The van der Waals surface area contributed by atoms with Crippen LogP contribution in [-0.2, 0) is 4.79 Å². The number of allylic oxidation sites excluding steroid dienone is 2. The molecule has 2 aromatic rings. The summed E-state index contributed by atoms with van der Waals surface area (Å²) in [6, 6.07) is 3.79. The van der Waals surface area contributed by atoms with Gasteiger partial charge in [0, 0.05) is 43.9 Å². The highest BCUT2D eigenvalue weighted by atomic mass is 16.2. The highest BCUT2D eigenvalue weighted by Crippen LogP contribution is 2.22. The Morgan fingerprint density at radius 2 is 2.07 bits per heavy atom. The third-order valence-corrected chi connectivity index (χ3v) is 4.78. The quantitative estimate of drug-likeness (QED) is 0.841. The van der Waals surface area contributed by atoms with Crippen molar-refractivity contribution in [3.05, 3.63) is 35.9 Å². The number of nitrogens with two attached hydrogens (primary N) is 1. The molecule has 4 heterocycles. The van der Waals surface area contributed by atoms with Crippen LogP contribution in [0.15, 0.2) is 30.1 Å². The zero-order chi connectivity index (χ0) is 20.6. The van der Waals surface area contributed by atoms with Gasteiger partial charge in [-0.1, -0.05) is 13.0 Å². The van der Waals surface area contributed by atoms with Crippen LogP contribution in [0.1, 0.15) is 44.9 Å².